The van der Waals surface area contributed by atoms with Crippen molar-refractivity contribution in [3.63, 3.8) is 0 Å². The minimum atomic E-state index is -1.94. The number of methoxy groups -OCH3 is 1. The van der Waals surface area contributed by atoms with Crippen LogP contribution in [0.4, 0.5) is 5.69 Å². The second-order valence-electron chi connectivity index (χ2n) is 6.04. The second-order valence-corrected chi connectivity index (χ2v) is 8.82. The normalized spacial score (nSPS) is 11.8. The Bertz CT molecular complexity index is 936. The van der Waals surface area contributed by atoms with Gasteiger partial charge in [-0.1, -0.05) is 46.9 Å². The molecule has 166 valence electrons. The molecule has 0 heterocycles. The Labute approximate surface area is 200 Å². The lowest BCUT2D eigenvalue weighted by molar-refractivity contribution is 0.0527. The summed E-state index contributed by atoms with van der Waals surface area (Å²) in [6.45, 7) is 1.93. The molecule has 0 saturated carbocycles. The predicted octanol–water partition coefficient (Wildman–Crippen LogP) is 4.28. The number of alkyl halides is 3. The third-order valence-corrected chi connectivity index (χ3v) is 4.78. The van der Waals surface area contributed by atoms with E-state index in [0.29, 0.717) is 17.0 Å². The maximum Gasteiger partial charge on any atom is 0.340 e. The number of anilines is 1. The van der Waals surface area contributed by atoms with Crippen LogP contribution >= 0.6 is 47.0 Å². The van der Waals surface area contributed by atoms with Crippen LogP contribution in [0.1, 0.15) is 27.6 Å². The molecule has 2 aromatic rings. The molecule has 0 radical (unpaired) electrons. The first-order valence-electron chi connectivity index (χ1n) is 9.01. The number of hydrogen-bond donors (Lipinski definition) is 3. The van der Waals surface area contributed by atoms with Gasteiger partial charge in [-0.3, -0.25) is 4.79 Å². The highest BCUT2D eigenvalue weighted by Gasteiger charge is 2.35. The SMILES string of the molecule is CCOC(=O)c1ccccc1NC(=S)NC(NC(=O)c1ccc(OC)cc1)C(Cl)(Cl)Cl. The van der Waals surface area contributed by atoms with Crippen LogP contribution in [0.15, 0.2) is 48.5 Å². The van der Waals surface area contributed by atoms with Crippen LogP contribution in [0.5, 0.6) is 5.75 Å². The highest BCUT2D eigenvalue weighted by Crippen LogP contribution is 2.29. The molecule has 0 saturated heterocycles. The van der Waals surface area contributed by atoms with E-state index in [1.54, 1.807) is 55.5 Å². The van der Waals surface area contributed by atoms with Crippen LogP contribution in [-0.4, -0.2) is 40.7 Å². The first-order valence-corrected chi connectivity index (χ1v) is 10.5. The fourth-order valence-corrected chi connectivity index (χ4v) is 2.98. The van der Waals surface area contributed by atoms with E-state index in [4.69, 9.17) is 56.5 Å². The van der Waals surface area contributed by atoms with Crippen molar-refractivity contribution in [2.24, 2.45) is 0 Å². The molecule has 1 atom stereocenters. The number of nitrogens with one attached hydrogen (secondary N) is 3. The first-order chi connectivity index (χ1) is 14.7. The van der Waals surface area contributed by atoms with Crippen molar-refractivity contribution < 1.29 is 19.1 Å². The molecule has 11 heteroatoms. The number of ether oxygens (including phenoxy) is 2. The maximum atomic E-state index is 12.6. The zero-order valence-corrected chi connectivity index (χ0v) is 19.7. The summed E-state index contributed by atoms with van der Waals surface area (Å²) in [7, 11) is 1.52. The highest BCUT2D eigenvalue weighted by atomic mass is 35.6. The molecule has 2 aromatic carbocycles. The van der Waals surface area contributed by atoms with E-state index >= 15 is 0 Å². The topological polar surface area (TPSA) is 88.7 Å². The Kier molecular flexibility index (Phi) is 9.18. The van der Waals surface area contributed by atoms with Crippen molar-refractivity contribution in [2.75, 3.05) is 19.0 Å². The van der Waals surface area contributed by atoms with Gasteiger partial charge in [-0.15, -0.1) is 0 Å². The van der Waals surface area contributed by atoms with Gasteiger partial charge in [0.25, 0.3) is 5.91 Å². The second kappa shape index (κ2) is 11.4. The van der Waals surface area contributed by atoms with Crippen LogP contribution in [0.2, 0.25) is 0 Å². The van der Waals surface area contributed by atoms with E-state index in [2.05, 4.69) is 16.0 Å². The molecule has 3 N–H and O–H groups in total. The van der Waals surface area contributed by atoms with Gasteiger partial charge in [0.1, 0.15) is 11.9 Å². The summed E-state index contributed by atoms with van der Waals surface area (Å²) < 4.78 is 8.17. The molecule has 31 heavy (non-hydrogen) atoms. The number of halogens is 3. The summed E-state index contributed by atoms with van der Waals surface area (Å²) in [4.78, 5) is 24.7. The van der Waals surface area contributed by atoms with Gasteiger partial charge in [0, 0.05) is 5.56 Å². The van der Waals surface area contributed by atoms with E-state index < -0.39 is 21.8 Å². The molecule has 0 aliphatic rings. The zero-order chi connectivity index (χ0) is 23.0. The number of amides is 1. The van der Waals surface area contributed by atoms with Crippen molar-refractivity contribution in [3.05, 3.63) is 59.7 Å². The molecule has 0 aliphatic carbocycles. The van der Waals surface area contributed by atoms with Crippen molar-refractivity contribution >= 4 is 69.7 Å². The summed E-state index contributed by atoms with van der Waals surface area (Å²) >= 11 is 23.3. The fourth-order valence-electron chi connectivity index (χ4n) is 2.43. The Balaban J connectivity index is 2.12. The summed E-state index contributed by atoms with van der Waals surface area (Å²) in [6.07, 6.45) is -1.18. The minimum absolute atomic E-state index is 0.0168. The number of carbonyl (C=O) groups excluding carboxylic acids is 2. The van der Waals surface area contributed by atoms with Gasteiger partial charge in [0.15, 0.2) is 5.11 Å². The van der Waals surface area contributed by atoms with Crippen molar-refractivity contribution in [1.29, 1.82) is 0 Å². The Morgan fingerprint density at radius 1 is 1.06 bits per heavy atom. The number of para-hydroxylation sites is 1. The largest absolute Gasteiger partial charge is 0.497 e. The molecule has 0 bridgehead atoms. The van der Waals surface area contributed by atoms with Crippen LogP contribution in [-0.2, 0) is 4.74 Å². The Morgan fingerprint density at radius 3 is 2.29 bits per heavy atom. The van der Waals surface area contributed by atoms with Gasteiger partial charge < -0.3 is 25.4 Å². The Morgan fingerprint density at radius 2 is 1.71 bits per heavy atom. The molecule has 1 amide bonds. The van der Waals surface area contributed by atoms with E-state index in [9.17, 15) is 9.59 Å². The van der Waals surface area contributed by atoms with E-state index in [0.717, 1.165) is 0 Å². The van der Waals surface area contributed by atoms with Crippen LogP contribution in [0.25, 0.3) is 0 Å². The van der Waals surface area contributed by atoms with Gasteiger partial charge in [0.05, 0.1) is 25.0 Å². The standard InChI is InChI=1S/C20H20Cl3N3O4S/c1-3-30-17(28)14-6-4-5-7-15(14)24-19(31)26-18(20(21,22)23)25-16(27)12-8-10-13(29-2)11-9-12/h4-11,18H,3H2,1-2H3,(H,25,27)(H2,24,26,31). The lowest BCUT2D eigenvalue weighted by atomic mass is 10.2. The molecular weight excluding hydrogens is 485 g/mol. The van der Waals surface area contributed by atoms with Crippen LogP contribution < -0.4 is 20.7 Å². The lowest BCUT2D eigenvalue weighted by Gasteiger charge is -2.28. The van der Waals surface area contributed by atoms with Crippen molar-refractivity contribution in [1.82, 2.24) is 10.6 Å². The number of hydrogen-bond acceptors (Lipinski definition) is 5. The molecule has 2 rings (SSSR count). The molecule has 7 nitrogen and oxygen atoms in total. The third-order valence-electron chi connectivity index (χ3n) is 3.90. The first kappa shape index (κ1) is 25.0. The number of carbonyl (C=O) groups is 2. The average Bonchev–Trinajstić information content (AvgIpc) is 2.73. The molecular formula is C20H20Cl3N3O4S. The Hall–Kier alpha value is -2.26. The zero-order valence-electron chi connectivity index (χ0n) is 16.6. The van der Waals surface area contributed by atoms with E-state index in [1.165, 1.54) is 7.11 Å². The quantitative estimate of drug-likeness (QED) is 0.224. The third kappa shape index (κ3) is 7.43. The minimum Gasteiger partial charge on any atom is -0.497 e. The van der Waals surface area contributed by atoms with Gasteiger partial charge in [-0.25, -0.2) is 4.79 Å². The maximum absolute atomic E-state index is 12.6. The van der Waals surface area contributed by atoms with Crippen molar-refractivity contribution in [3.8, 4) is 5.75 Å². The van der Waals surface area contributed by atoms with Crippen LogP contribution in [0.3, 0.4) is 0 Å². The predicted molar refractivity (Wildman–Crippen MR) is 126 cm³/mol. The summed E-state index contributed by atoms with van der Waals surface area (Å²) in [5.41, 5.74) is 0.998. The molecule has 0 aliphatic heterocycles. The van der Waals surface area contributed by atoms with E-state index in [1.807, 2.05) is 0 Å². The molecule has 1 unspecified atom stereocenters. The summed E-state index contributed by atoms with van der Waals surface area (Å²) in [6, 6.07) is 13.0. The van der Waals surface area contributed by atoms with Gasteiger partial charge in [0.2, 0.25) is 3.79 Å². The van der Waals surface area contributed by atoms with Crippen molar-refractivity contribution in [2.45, 2.75) is 16.9 Å². The summed E-state index contributed by atoms with van der Waals surface area (Å²) in [5, 5.41) is 8.19. The average molecular weight is 505 g/mol. The monoisotopic (exact) mass is 503 g/mol. The molecule has 0 aromatic heterocycles. The molecule has 0 spiro atoms. The number of esters is 1. The lowest BCUT2D eigenvalue weighted by Crippen LogP contribution is -2.56. The van der Waals surface area contributed by atoms with E-state index in [-0.39, 0.29) is 17.3 Å². The van der Waals surface area contributed by atoms with Gasteiger partial charge >= 0.3 is 5.97 Å². The number of benzene rings is 2. The van der Waals surface area contributed by atoms with Gasteiger partial charge in [-0.05, 0) is 55.5 Å². The number of thiocarbonyl (C=S) groups is 1. The smallest absolute Gasteiger partial charge is 0.340 e. The highest BCUT2D eigenvalue weighted by molar-refractivity contribution is 7.80. The fraction of sp³-hybridized carbons (Fsp3) is 0.250. The van der Waals surface area contributed by atoms with Crippen LogP contribution in [0, 0.1) is 0 Å². The van der Waals surface area contributed by atoms with Gasteiger partial charge in [-0.2, -0.15) is 0 Å². The molecule has 0 fully saturated rings. The number of rotatable bonds is 7. The summed E-state index contributed by atoms with van der Waals surface area (Å²) in [5.74, 6) is -0.418.